The van der Waals surface area contributed by atoms with Gasteiger partial charge >= 0.3 is 5.97 Å². The molecule has 66 valence electrons. The molecule has 0 aromatic heterocycles. The van der Waals surface area contributed by atoms with E-state index in [1.165, 1.54) is 0 Å². The number of carbonyl (C=O) groups is 2. The number of ketones is 1. The minimum Gasteiger partial charge on any atom is -0.466 e. The molecule has 0 radical (unpaired) electrons. The van der Waals surface area contributed by atoms with E-state index >= 15 is 0 Å². The number of hydrogen-bond donors (Lipinski definition) is 0. The van der Waals surface area contributed by atoms with Gasteiger partial charge in [-0.15, -0.1) is 0 Å². The van der Waals surface area contributed by atoms with Crippen LogP contribution in [-0.2, 0) is 19.1 Å². The fraction of sp³-hybridized carbons (Fsp3) is 0.750. The van der Waals surface area contributed by atoms with Gasteiger partial charge in [-0.1, -0.05) is 0 Å². The molecule has 1 aliphatic heterocycles. The third kappa shape index (κ3) is 0.948. The molecule has 0 bridgehead atoms. The number of Topliss-reactive ketones (excluding diaryl/α,β-unsaturated/α-hetero) is 1. The van der Waals surface area contributed by atoms with Crippen LogP contribution in [0.4, 0.5) is 0 Å². The average Bonchev–Trinajstić information content (AvgIpc) is 2.65. The van der Waals surface area contributed by atoms with Gasteiger partial charge in [0, 0.05) is 0 Å². The Balaban J connectivity index is 1.94. The summed E-state index contributed by atoms with van der Waals surface area (Å²) in [5.41, 5.74) is 0. The van der Waals surface area contributed by atoms with E-state index in [9.17, 15) is 9.59 Å². The second-order valence-corrected chi connectivity index (χ2v) is 3.05. The first-order valence-electron chi connectivity index (χ1n) is 4.06. The Labute approximate surface area is 69.8 Å². The van der Waals surface area contributed by atoms with E-state index in [-0.39, 0.29) is 36.3 Å². The minimum atomic E-state index is -0.300. The quantitative estimate of drug-likeness (QED) is 0.537. The van der Waals surface area contributed by atoms with Crippen molar-refractivity contribution in [1.29, 1.82) is 0 Å². The molecule has 12 heavy (non-hydrogen) atoms. The van der Waals surface area contributed by atoms with E-state index in [4.69, 9.17) is 9.47 Å². The highest BCUT2D eigenvalue weighted by molar-refractivity contribution is 5.95. The maximum atomic E-state index is 11.1. The Morgan fingerprint density at radius 2 is 2.50 bits per heavy atom. The Morgan fingerprint density at radius 1 is 1.75 bits per heavy atom. The number of hydrogen-bond acceptors (Lipinski definition) is 4. The highest BCUT2D eigenvalue weighted by Gasteiger charge is 2.64. The van der Waals surface area contributed by atoms with Crippen molar-refractivity contribution in [2.45, 2.75) is 13.0 Å². The zero-order chi connectivity index (χ0) is 8.72. The first kappa shape index (κ1) is 7.73. The molecule has 3 atom stereocenters. The highest BCUT2D eigenvalue weighted by Crippen LogP contribution is 2.47. The van der Waals surface area contributed by atoms with Gasteiger partial charge in [-0.3, -0.25) is 9.59 Å². The largest absolute Gasteiger partial charge is 0.466 e. The Morgan fingerprint density at radius 3 is 3.00 bits per heavy atom. The zero-order valence-electron chi connectivity index (χ0n) is 6.78. The highest BCUT2D eigenvalue weighted by atomic mass is 16.5. The van der Waals surface area contributed by atoms with Crippen molar-refractivity contribution < 1.29 is 19.1 Å². The Kier molecular flexibility index (Phi) is 1.65. The van der Waals surface area contributed by atoms with Crippen LogP contribution in [0, 0.1) is 11.8 Å². The molecule has 2 rings (SSSR count). The second kappa shape index (κ2) is 2.55. The van der Waals surface area contributed by atoms with E-state index in [1.807, 2.05) is 0 Å². The van der Waals surface area contributed by atoms with E-state index in [2.05, 4.69) is 0 Å². The van der Waals surface area contributed by atoms with Crippen molar-refractivity contribution in [2.24, 2.45) is 11.8 Å². The lowest BCUT2D eigenvalue weighted by molar-refractivity contribution is -0.147. The molecular weight excluding hydrogens is 160 g/mol. The summed E-state index contributed by atoms with van der Waals surface area (Å²) in [6.45, 7) is 2.28. The van der Waals surface area contributed by atoms with Crippen LogP contribution < -0.4 is 0 Å². The van der Waals surface area contributed by atoms with Gasteiger partial charge in [-0.05, 0) is 6.92 Å². The summed E-state index contributed by atoms with van der Waals surface area (Å²) in [7, 11) is 0. The third-order valence-corrected chi connectivity index (χ3v) is 2.30. The van der Waals surface area contributed by atoms with E-state index in [1.54, 1.807) is 6.92 Å². The molecular formula is C8H10O4. The standard InChI is InChI=1S/C8H10O4/c1-2-11-8(10)6-5-4(9)3-12-7(5)6/h5-7H,2-3H2,1H3/t5?,6?,7-/m1/s1. The molecule has 2 unspecified atom stereocenters. The number of ether oxygens (including phenoxy) is 2. The molecule has 0 amide bonds. The minimum absolute atomic E-state index is 0.0399. The van der Waals surface area contributed by atoms with Gasteiger partial charge in [-0.2, -0.15) is 0 Å². The first-order valence-corrected chi connectivity index (χ1v) is 4.06. The van der Waals surface area contributed by atoms with Crippen LogP contribution in [0.5, 0.6) is 0 Å². The maximum Gasteiger partial charge on any atom is 0.312 e. The molecule has 1 saturated heterocycles. The van der Waals surface area contributed by atoms with Gasteiger partial charge in [0.05, 0.1) is 24.5 Å². The SMILES string of the molecule is CCOC(=O)C1C2C(=O)CO[C@H]21. The Hall–Kier alpha value is -0.900. The van der Waals surface area contributed by atoms with Gasteiger partial charge in [0.25, 0.3) is 0 Å². The van der Waals surface area contributed by atoms with E-state index in [0.29, 0.717) is 6.61 Å². The smallest absolute Gasteiger partial charge is 0.312 e. The van der Waals surface area contributed by atoms with Gasteiger partial charge in [0.1, 0.15) is 6.61 Å². The summed E-state index contributed by atoms with van der Waals surface area (Å²) in [6, 6.07) is 0. The van der Waals surface area contributed by atoms with Crippen LogP contribution >= 0.6 is 0 Å². The van der Waals surface area contributed by atoms with Gasteiger partial charge in [0.15, 0.2) is 5.78 Å². The van der Waals surface area contributed by atoms with Crippen molar-refractivity contribution in [3.8, 4) is 0 Å². The summed E-state index contributed by atoms with van der Waals surface area (Å²) < 4.78 is 9.85. The third-order valence-electron chi connectivity index (χ3n) is 2.30. The number of fused-ring (bicyclic) bond motifs is 1. The van der Waals surface area contributed by atoms with Crippen LogP contribution in [0.25, 0.3) is 0 Å². The van der Waals surface area contributed by atoms with Crippen molar-refractivity contribution in [1.82, 2.24) is 0 Å². The molecule has 4 nitrogen and oxygen atoms in total. The zero-order valence-corrected chi connectivity index (χ0v) is 6.78. The van der Waals surface area contributed by atoms with Crippen molar-refractivity contribution in [3.05, 3.63) is 0 Å². The summed E-state index contributed by atoms with van der Waals surface area (Å²) >= 11 is 0. The summed E-state index contributed by atoms with van der Waals surface area (Å²) in [6.07, 6.45) is -0.170. The molecule has 0 N–H and O–H groups in total. The molecule has 2 fully saturated rings. The van der Waals surface area contributed by atoms with Crippen molar-refractivity contribution in [2.75, 3.05) is 13.2 Å². The van der Waals surface area contributed by atoms with Crippen LogP contribution in [0.2, 0.25) is 0 Å². The number of esters is 1. The molecule has 4 heteroatoms. The predicted molar refractivity (Wildman–Crippen MR) is 38.4 cm³/mol. The molecule has 1 heterocycles. The van der Waals surface area contributed by atoms with Crippen LogP contribution in [-0.4, -0.2) is 31.1 Å². The van der Waals surface area contributed by atoms with Gasteiger partial charge in [0.2, 0.25) is 0 Å². The number of rotatable bonds is 2. The monoisotopic (exact) mass is 170 g/mol. The Bertz CT molecular complexity index is 235. The lowest BCUT2D eigenvalue weighted by Gasteiger charge is -2.02. The molecule has 0 aromatic carbocycles. The molecule has 0 spiro atoms. The molecule has 1 saturated carbocycles. The normalized spacial score (nSPS) is 37.8. The van der Waals surface area contributed by atoms with Gasteiger partial charge in [-0.25, -0.2) is 0 Å². The van der Waals surface area contributed by atoms with E-state index in [0.717, 1.165) is 0 Å². The second-order valence-electron chi connectivity index (χ2n) is 3.05. The first-order chi connectivity index (χ1) is 5.75. The summed E-state index contributed by atoms with van der Waals surface area (Å²) in [5.74, 6) is -0.742. The van der Waals surface area contributed by atoms with Gasteiger partial charge < -0.3 is 9.47 Å². The van der Waals surface area contributed by atoms with Crippen LogP contribution in [0.1, 0.15) is 6.92 Å². The average molecular weight is 170 g/mol. The molecule has 1 aliphatic carbocycles. The number of carbonyl (C=O) groups excluding carboxylic acids is 2. The van der Waals surface area contributed by atoms with Crippen molar-refractivity contribution >= 4 is 11.8 Å². The molecule has 2 aliphatic rings. The lowest BCUT2D eigenvalue weighted by Crippen LogP contribution is -2.16. The molecule has 0 aromatic rings. The maximum absolute atomic E-state index is 11.1. The lowest BCUT2D eigenvalue weighted by atomic mass is 10.2. The predicted octanol–water partition coefficient (Wildman–Crippen LogP) is -0.237. The van der Waals surface area contributed by atoms with Crippen molar-refractivity contribution in [3.63, 3.8) is 0 Å². The fourth-order valence-corrected chi connectivity index (χ4v) is 1.67. The van der Waals surface area contributed by atoms with E-state index < -0.39 is 0 Å². The summed E-state index contributed by atoms with van der Waals surface area (Å²) in [5, 5.41) is 0. The topological polar surface area (TPSA) is 52.6 Å². The fourth-order valence-electron chi connectivity index (χ4n) is 1.67. The van der Waals surface area contributed by atoms with Crippen LogP contribution in [0.15, 0.2) is 0 Å². The summed E-state index contributed by atoms with van der Waals surface area (Å²) in [4.78, 5) is 22.1. The van der Waals surface area contributed by atoms with Crippen LogP contribution in [0.3, 0.4) is 0 Å².